The highest BCUT2D eigenvalue weighted by Crippen LogP contribution is 2.38. The highest BCUT2D eigenvalue weighted by Gasteiger charge is 2.27. The molecule has 0 aromatic carbocycles. The molecule has 0 spiro atoms. The van der Waals surface area contributed by atoms with Crippen LogP contribution in [0.15, 0.2) is 6.07 Å². The molecular formula is C11H15N3O2. The number of aliphatic carboxylic acids is 1. The zero-order chi connectivity index (χ0) is 11.5. The Hall–Kier alpha value is -1.65. The van der Waals surface area contributed by atoms with E-state index < -0.39 is 5.97 Å². The van der Waals surface area contributed by atoms with Crippen LogP contribution in [0.2, 0.25) is 0 Å². The summed E-state index contributed by atoms with van der Waals surface area (Å²) in [6, 6.07) is 1.73. The molecule has 2 rings (SSSR count). The topological polar surface area (TPSA) is 89.1 Å². The molecule has 1 fully saturated rings. The van der Waals surface area contributed by atoms with Gasteiger partial charge in [-0.1, -0.05) is 0 Å². The molecule has 0 unspecified atom stereocenters. The second kappa shape index (κ2) is 4.47. The van der Waals surface area contributed by atoms with Gasteiger partial charge in [0.25, 0.3) is 0 Å². The van der Waals surface area contributed by atoms with Crippen LogP contribution >= 0.6 is 0 Å². The highest BCUT2D eigenvalue weighted by atomic mass is 16.4. The third-order valence-electron chi connectivity index (χ3n) is 2.58. The number of carboxylic acids is 1. The third-order valence-corrected chi connectivity index (χ3v) is 2.58. The maximum absolute atomic E-state index is 10.4. The molecular weight excluding hydrogens is 206 g/mol. The molecule has 1 saturated carbocycles. The van der Waals surface area contributed by atoms with Crippen molar-refractivity contribution in [1.82, 2.24) is 9.97 Å². The monoisotopic (exact) mass is 221 g/mol. The molecule has 5 heteroatoms. The quantitative estimate of drug-likeness (QED) is 0.783. The van der Waals surface area contributed by atoms with Gasteiger partial charge in [0.05, 0.1) is 0 Å². The summed E-state index contributed by atoms with van der Waals surface area (Å²) in [5, 5.41) is 8.54. The van der Waals surface area contributed by atoms with E-state index in [4.69, 9.17) is 10.8 Å². The lowest BCUT2D eigenvalue weighted by Crippen LogP contribution is -2.03. The first-order valence-electron chi connectivity index (χ1n) is 5.50. The van der Waals surface area contributed by atoms with Crippen LogP contribution in [0.25, 0.3) is 0 Å². The summed E-state index contributed by atoms with van der Waals surface area (Å²) >= 11 is 0. The molecule has 0 bridgehead atoms. The first-order valence-corrected chi connectivity index (χ1v) is 5.50. The molecule has 0 amide bonds. The van der Waals surface area contributed by atoms with E-state index in [2.05, 4.69) is 9.97 Å². The lowest BCUT2D eigenvalue weighted by molar-refractivity contribution is -0.137. The largest absolute Gasteiger partial charge is 0.481 e. The van der Waals surface area contributed by atoms with Gasteiger partial charge in [-0.2, -0.15) is 0 Å². The number of aromatic nitrogens is 2. The van der Waals surface area contributed by atoms with Gasteiger partial charge < -0.3 is 10.8 Å². The van der Waals surface area contributed by atoms with Crippen LogP contribution in [0.3, 0.4) is 0 Å². The lowest BCUT2D eigenvalue weighted by Gasteiger charge is -2.04. The molecule has 1 aromatic rings. The maximum atomic E-state index is 10.4. The SMILES string of the molecule is Nc1cc(CCCC(=O)O)nc(C2CC2)n1. The van der Waals surface area contributed by atoms with Crippen molar-refractivity contribution in [3.63, 3.8) is 0 Å². The molecule has 1 aliphatic rings. The third kappa shape index (κ3) is 2.92. The predicted octanol–water partition coefficient (Wildman–Crippen LogP) is 1.34. The van der Waals surface area contributed by atoms with Crippen molar-refractivity contribution in [2.75, 3.05) is 5.73 Å². The number of nitrogens with two attached hydrogens (primary N) is 1. The molecule has 16 heavy (non-hydrogen) atoms. The number of rotatable bonds is 5. The standard InChI is InChI=1S/C11H15N3O2/c12-9-6-8(2-1-3-10(15)16)13-11(14-9)7-4-5-7/h6-7H,1-5H2,(H,15,16)(H2,12,13,14). The molecule has 0 saturated heterocycles. The van der Waals surface area contributed by atoms with Gasteiger partial charge in [0.2, 0.25) is 0 Å². The van der Waals surface area contributed by atoms with Crippen molar-refractivity contribution in [2.24, 2.45) is 0 Å². The fourth-order valence-electron chi connectivity index (χ4n) is 1.61. The Kier molecular flexibility index (Phi) is 3.03. The van der Waals surface area contributed by atoms with E-state index in [0.717, 1.165) is 24.4 Å². The molecule has 0 atom stereocenters. The first-order chi connectivity index (χ1) is 7.65. The van der Waals surface area contributed by atoms with Gasteiger partial charge in [0.1, 0.15) is 11.6 Å². The molecule has 3 N–H and O–H groups in total. The summed E-state index contributed by atoms with van der Waals surface area (Å²) in [7, 11) is 0. The molecule has 0 radical (unpaired) electrons. The van der Waals surface area contributed by atoms with Crippen molar-refractivity contribution in [1.29, 1.82) is 0 Å². The summed E-state index contributed by atoms with van der Waals surface area (Å²) in [5.41, 5.74) is 6.55. The zero-order valence-electron chi connectivity index (χ0n) is 9.02. The Bertz CT molecular complexity index is 402. The van der Waals surface area contributed by atoms with Crippen LogP contribution < -0.4 is 5.73 Å². The van der Waals surface area contributed by atoms with Gasteiger partial charge in [-0.15, -0.1) is 0 Å². The Morgan fingerprint density at radius 2 is 2.25 bits per heavy atom. The van der Waals surface area contributed by atoms with Crippen LogP contribution in [0.5, 0.6) is 0 Å². The molecule has 1 aromatic heterocycles. The van der Waals surface area contributed by atoms with Gasteiger partial charge in [-0.25, -0.2) is 9.97 Å². The Balaban J connectivity index is 1.99. The van der Waals surface area contributed by atoms with Crippen molar-refractivity contribution in [3.05, 3.63) is 17.6 Å². The minimum absolute atomic E-state index is 0.169. The van der Waals surface area contributed by atoms with Crippen molar-refractivity contribution in [2.45, 2.75) is 38.0 Å². The van der Waals surface area contributed by atoms with E-state index in [9.17, 15) is 4.79 Å². The fraction of sp³-hybridized carbons (Fsp3) is 0.545. The average molecular weight is 221 g/mol. The van der Waals surface area contributed by atoms with Gasteiger partial charge in [0.15, 0.2) is 0 Å². The number of anilines is 1. The predicted molar refractivity (Wildman–Crippen MR) is 59.0 cm³/mol. The molecule has 5 nitrogen and oxygen atoms in total. The summed E-state index contributed by atoms with van der Waals surface area (Å²) in [6.07, 6.45) is 3.69. The summed E-state index contributed by atoms with van der Waals surface area (Å²) in [4.78, 5) is 19.0. The molecule has 0 aliphatic heterocycles. The molecule has 1 aliphatic carbocycles. The molecule has 86 valence electrons. The summed E-state index contributed by atoms with van der Waals surface area (Å²) in [5.74, 6) is 1.01. The van der Waals surface area contributed by atoms with Crippen molar-refractivity contribution in [3.8, 4) is 0 Å². The van der Waals surface area contributed by atoms with Crippen molar-refractivity contribution < 1.29 is 9.90 Å². The maximum Gasteiger partial charge on any atom is 0.303 e. The van der Waals surface area contributed by atoms with Crippen LogP contribution in [-0.4, -0.2) is 21.0 Å². The van der Waals surface area contributed by atoms with E-state index >= 15 is 0 Å². The van der Waals surface area contributed by atoms with E-state index in [1.807, 2.05) is 0 Å². The van der Waals surface area contributed by atoms with Crippen molar-refractivity contribution >= 4 is 11.8 Å². The Labute approximate surface area is 93.7 Å². The smallest absolute Gasteiger partial charge is 0.303 e. The van der Waals surface area contributed by atoms with Crippen LogP contribution in [-0.2, 0) is 11.2 Å². The molecule has 1 heterocycles. The second-order valence-corrected chi connectivity index (χ2v) is 4.16. The zero-order valence-corrected chi connectivity index (χ0v) is 9.02. The van der Waals surface area contributed by atoms with Crippen LogP contribution in [0.1, 0.15) is 43.1 Å². The van der Waals surface area contributed by atoms with E-state index in [0.29, 0.717) is 24.6 Å². The number of carboxylic acid groups (broad SMARTS) is 1. The summed E-state index contributed by atoms with van der Waals surface area (Å²) in [6.45, 7) is 0. The minimum Gasteiger partial charge on any atom is -0.481 e. The van der Waals surface area contributed by atoms with Crippen LogP contribution in [0.4, 0.5) is 5.82 Å². The normalized spacial score (nSPS) is 15.0. The Morgan fingerprint density at radius 1 is 1.50 bits per heavy atom. The highest BCUT2D eigenvalue weighted by molar-refractivity contribution is 5.66. The van der Waals surface area contributed by atoms with E-state index in [1.165, 1.54) is 0 Å². The Morgan fingerprint density at radius 3 is 2.88 bits per heavy atom. The summed E-state index contributed by atoms with van der Waals surface area (Å²) < 4.78 is 0. The first kappa shape index (κ1) is 10.9. The van der Waals surface area contributed by atoms with E-state index in [-0.39, 0.29) is 6.42 Å². The van der Waals surface area contributed by atoms with Gasteiger partial charge >= 0.3 is 5.97 Å². The number of carbonyl (C=O) groups is 1. The van der Waals surface area contributed by atoms with Gasteiger partial charge in [-0.05, 0) is 25.7 Å². The van der Waals surface area contributed by atoms with Crippen LogP contribution in [0, 0.1) is 0 Å². The minimum atomic E-state index is -0.774. The number of aryl methyl sites for hydroxylation is 1. The number of nitrogens with zero attached hydrogens (tertiary/aromatic N) is 2. The van der Waals surface area contributed by atoms with E-state index in [1.54, 1.807) is 6.07 Å². The second-order valence-electron chi connectivity index (χ2n) is 4.16. The fourth-order valence-corrected chi connectivity index (χ4v) is 1.61. The number of nitrogen functional groups attached to an aromatic ring is 1. The lowest BCUT2D eigenvalue weighted by atomic mass is 10.2. The van der Waals surface area contributed by atoms with Gasteiger partial charge in [0, 0.05) is 24.1 Å². The average Bonchev–Trinajstić information content (AvgIpc) is 2.99. The number of hydrogen-bond donors (Lipinski definition) is 2. The number of hydrogen-bond acceptors (Lipinski definition) is 4. The van der Waals surface area contributed by atoms with Gasteiger partial charge in [-0.3, -0.25) is 4.79 Å².